The third-order valence-electron chi connectivity index (χ3n) is 6.16. The molecule has 3 heterocycles. The van der Waals surface area contributed by atoms with Crippen LogP contribution in [0.2, 0.25) is 0 Å². The molecule has 170 valence electrons. The molecular weight excluding hydrogens is 408 g/mol. The zero-order valence-electron chi connectivity index (χ0n) is 19.2. The highest BCUT2D eigenvalue weighted by atomic mass is 16.5. The fraction of sp³-hybridized carbons (Fsp3) is 0.522. The predicted molar refractivity (Wildman–Crippen MR) is 122 cm³/mol. The van der Waals surface area contributed by atoms with E-state index in [1.54, 1.807) is 0 Å². The van der Waals surface area contributed by atoms with Gasteiger partial charge in [0.2, 0.25) is 11.7 Å². The number of hydrogen-bond acceptors (Lipinski definition) is 7. The Kier molecular flexibility index (Phi) is 5.99. The molecule has 0 unspecified atom stereocenters. The molecule has 0 spiro atoms. The van der Waals surface area contributed by atoms with Gasteiger partial charge in [0, 0.05) is 19.2 Å². The minimum Gasteiger partial charge on any atom is -0.478 e. The van der Waals surface area contributed by atoms with Crippen molar-refractivity contribution < 1.29 is 14.6 Å². The Balaban J connectivity index is 1.86. The summed E-state index contributed by atoms with van der Waals surface area (Å²) in [5.41, 5.74) is 2.72. The van der Waals surface area contributed by atoms with Crippen LogP contribution in [-0.2, 0) is 7.05 Å². The minimum atomic E-state index is -1.18. The van der Waals surface area contributed by atoms with E-state index in [2.05, 4.69) is 46.0 Å². The third-order valence-corrected chi connectivity index (χ3v) is 6.16. The smallest absolute Gasteiger partial charge is 0.374 e. The van der Waals surface area contributed by atoms with Crippen molar-refractivity contribution in [1.82, 2.24) is 24.5 Å². The molecule has 1 fully saturated rings. The van der Waals surface area contributed by atoms with E-state index in [0.29, 0.717) is 46.9 Å². The number of carbonyl (C=O) groups is 1. The van der Waals surface area contributed by atoms with Crippen molar-refractivity contribution in [3.8, 4) is 17.4 Å². The van der Waals surface area contributed by atoms with E-state index >= 15 is 0 Å². The molecule has 0 bridgehead atoms. The average Bonchev–Trinajstić information content (AvgIpc) is 3.03. The van der Waals surface area contributed by atoms with Gasteiger partial charge >= 0.3 is 5.97 Å². The lowest BCUT2D eigenvalue weighted by Gasteiger charge is -2.32. The number of aromatic nitrogens is 5. The number of carboxylic acid groups (broad SMARTS) is 1. The number of rotatable bonds is 8. The van der Waals surface area contributed by atoms with Crippen LogP contribution in [0.5, 0.6) is 5.88 Å². The molecule has 0 saturated heterocycles. The molecule has 0 aromatic carbocycles. The molecule has 1 aliphatic carbocycles. The van der Waals surface area contributed by atoms with Gasteiger partial charge in [0.25, 0.3) is 0 Å². The molecule has 9 heteroatoms. The van der Waals surface area contributed by atoms with E-state index < -0.39 is 5.97 Å². The molecule has 3 aromatic rings. The first-order chi connectivity index (χ1) is 15.3. The molecular formula is C23H30N6O3. The minimum absolute atomic E-state index is 0.175. The summed E-state index contributed by atoms with van der Waals surface area (Å²) in [6.45, 7) is 8.76. The second kappa shape index (κ2) is 8.72. The van der Waals surface area contributed by atoms with Crippen LogP contribution in [0.25, 0.3) is 22.7 Å². The number of ether oxygens (including phenoxy) is 1. The maximum atomic E-state index is 11.7. The number of carboxylic acids is 1. The highest BCUT2D eigenvalue weighted by molar-refractivity contribution is 5.92. The fourth-order valence-electron chi connectivity index (χ4n) is 4.00. The predicted octanol–water partition coefficient (Wildman–Crippen LogP) is 4.25. The molecule has 1 atom stereocenters. The number of hydrogen-bond donors (Lipinski definition) is 2. The lowest BCUT2D eigenvalue weighted by molar-refractivity contribution is 0.0684. The summed E-state index contributed by atoms with van der Waals surface area (Å²) < 4.78 is 7.55. The van der Waals surface area contributed by atoms with Crippen molar-refractivity contribution in [2.75, 3.05) is 11.9 Å². The third kappa shape index (κ3) is 4.11. The van der Waals surface area contributed by atoms with Gasteiger partial charge in [-0.3, -0.25) is 0 Å². The molecule has 1 aliphatic rings. The number of pyridine rings is 1. The van der Waals surface area contributed by atoms with Crippen molar-refractivity contribution in [2.45, 2.75) is 58.9 Å². The zero-order valence-corrected chi connectivity index (χ0v) is 19.2. The van der Waals surface area contributed by atoms with E-state index in [4.69, 9.17) is 4.74 Å². The van der Waals surface area contributed by atoms with Gasteiger partial charge in [-0.25, -0.2) is 24.7 Å². The average molecular weight is 439 g/mol. The van der Waals surface area contributed by atoms with Crippen molar-refractivity contribution in [2.24, 2.45) is 13.0 Å². The van der Waals surface area contributed by atoms with Crippen LogP contribution in [0, 0.1) is 5.92 Å². The van der Waals surface area contributed by atoms with Crippen LogP contribution in [-0.4, -0.2) is 48.2 Å². The maximum absolute atomic E-state index is 11.7. The Hall–Kier alpha value is -3.23. The van der Waals surface area contributed by atoms with Crippen molar-refractivity contribution in [1.29, 1.82) is 0 Å². The van der Waals surface area contributed by atoms with Crippen LogP contribution >= 0.6 is 0 Å². The van der Waals surface area contributed by atoms with E-state index in [9.17, 15) is 9.90 Å². The van der Waals surface area contributed by atoms with E-state index in [1.165, 1.54) is 6.42 Å². The Bertz CT molecular complexity index is 1150. The van der Waals surface area contributed by atoms with Gasteiger partial charge in [0.05, 0.1) is 6.61 Å². The summed E-state index contributed by atoms with van der Waals surface area (Å²) >= 11 is 0. The van der Waals surface area contributed by atoms with Gasteiger partial charge in [-0.1, -0.05) is 20.3 Å². The van der Waals surface area contributed by atoms with Gasteiger partial charge in [-0.05, 0) is 50.2 Å². The van der Waals surface area contributed by atoms with Gasteiger partial charge in [0.15, 0.2) is 17.3 Å². The topological polar surface area (TPSA) is 115 Å². The Morgan fingerprint density at radius 1 is 1.22 bits per heavy atom. The fourth-order valence-corrected chi connectivity index (χ4v) is 4.00. The number of nitrogens with zero attached hydrogens (tertiary/aromatic N) is 5. The van der Waals surface area contributed by atoms with Crippen LogP contribution in [0.1, 0.15) is 69.1 Å². The molecule has 0 amide bonds. The lowest BCUT2D eigenvalue weighted by atomic mass is 9.80. The van der Waals surface area contributed by atoms with Gasteiger partial charge in [0.1, 0.15) is 11.2 Å². The molecule has 2 N–H and O–H groups in total. The summed E-state index contributed by atoms with van der Waals surface area (Å²) in [5, 5.41) is 13.0. The lowest BCUT2D eigenvalue weighted by Crippen LogP contribution is -2.31. The quantitative estimate of drug-likeness (QED) is 0.536. The summed E-state index contributed by atoms with van der Waals surface area (Å²) in [6.07, 6.45) is 3.56. The molecule has 0 radical (unpaired) electrons. The summed E-state index contributed by atoms with van der Waals surface area (Å²) in [5.74, 6) is 0.984. The zero-order chi connectivity index (χ0) is 23.0. The molecule has 1 saturated carbocycles. The normalized spacial score (nSPS) is 15.1. The molecule has 0 aliphatic heterocycles. The highest BCUT2D eigenvalue weighted by Crippen LogP contribution is 2.33. The van der Waals surface area contributed by atoms with Crippen molar-refractivity contribution in [3.63, 3.8) is 0 Å². The number of imidazole rings is 1. The summed E-state index contributed by atoms with van der Waals surface area (Å²) in [6, 6.07) is 4.11. The van der Waals surface area contributed by atoms with Crippen LogP contribution < -0.4 is 10.1 Å². The van der Waals surface area contributed by atoms with Gasteiger partial charge in [-0.2, -0.15) is 0 Å². The summed E-state index contributed by atoms with van der Waals surface area (Å²) in [4.78, 5) is 29.5. The van der Waals surface area contributed by atoms with Gasteiger partial charge < -0.3 is 19.7 Å². The Morgan fingerprint density at radius 3 is 2.56 bits per heavy atom. The number of anilines is 1. The summed E-state index contributed by atoms with van der Waals surface area (Å²) in [7, 11) is 1.87. The first-order valence-corrected chi connectivity index (χ1v) is 11.2. The monoisotopic (exact) mass is 438 g/mol. The van der Waals surface area contributed by atoms with Crippen molar-refractivity contribution in [3.05, 3.63) is 23.5 Å². The Morgan fingerprint density at radius 2 is 1.97 bits per heavy atom. The second-order valence-electron chi connectivity index (χ2n) is 8.70. The number of aromatic carboxylic acids is 1. The van der Waals surface area contributed by atoms with Crippen LogP contribution in [0.3, 0.4) is 0 Å². The molecule has 9 nitrogen and oxygen atoms in total. The Labute approximate surface area is 187 Å². The largest absolute Gasteiger partial charge is 0.478 e. The molecule has 3 aromatic heterocycles. The standard InChI is InChI=1S/C23H30N6O3/c1-6-32-17-11-15(12(2)3)10-16(25-17)22-28-20-18(29(22)5)19(26-21(27-20)23(30)31)24-13(4)14-8-7-9-14/h10-14H,6-9H2,1-5H3,(H,30,31)(H,24,26,27)/t13-/m1/s1. The molecule has 32 heavy (non-hydrogen) atoms. The van der Waals surface area contributed by atoms with Crippen LogP contribution in [0.15, 0.2) is 12.1 Å². The van der Waals surface area contributed by atoms with Crippen LogP contribution in [0.4, 0.5) is 5.82 Å². The number of aryl methyl sites for hydroxylation is 1. The first kappa shape index (κ1) is 22.0. The number of fused-ring (bicyclic) bond motifs is 1. The van der Waals surface area contributed by atoms with E-state index in [-0.39, 0.29) is 17.8 Å². The van der Waals surface area contributed by atoms with Crippen molar-refractivity contribution >= 4 is 23.0 Å². The second-order valence-corrected chi connectivity index (χ2v) is 8.70. The highest BCUT2D eigenvalue weighted by Gasteiger charge is 2.27. The van der Waals surface area contributed by atoms with Gasteiger partial charge in [-0.15, -0.1) is 0 Å². The number of nitrogens with one attached hydrogen (secondary N) is 1. The maximum Gasteiger partial charge on any atom is 0.374 e. The molecule has 4 rings (SSSR count). The SMILES string of the molecule is CCOc1cc(C(C)C)cc(-c2nc3nc(C(=O)O)nc(N[C@H](C)C4CCC4)c3n2C)n1. The first-order valence-electron chi connectivity index (χ1n) is 11.2. The van der Waals surface area contributed by atoms with E-state index in [1.807, 2.05) is 30.7 Å². The van der Waals surface area contributed by atoms with E-state index in [0.717, 1.165) is 18.4 Å².